The van der Waals surface area contributed by atoms with Crippen molar-refractivity contribution in [2.75, 3.05) is 13.7 Å². The quantitative estimate of drug-likeness (QED) is 0.557. The van der Waals surface area contributed by atoms with Gasteiger partial charge in [-0.1, -0.05) is 6.92 Å². The summed E-state index contributed by atoms with van der Waals surface area (Å²) in [4.78, 5) is 0. The van der Waals surface area contributed by atoms with E-state index in [9.17, 15) is 10.2 Å². The Morgan fingerprint density at radius 3 is 2.36 bits per heavy atom. The number of hydrogen-bond acceptors (Lipinski definition) is 5. The Kier molecular flexibility index (Phi) is 4.28. The van der Waals surface area contributed by atoms with Gasteiger partial charge in [0, 0.05) is 13.0 Å². The van der Waals surface area contributed by atoms with E-state index >= 15 is 0 Å². The summed E-state index contributed by atoms with van der Waals surface area (Å²) in [7, 11) is 1.39. The standard InChI is InChI=1S/C9H18O5/c1-3-5-6(4-10)14-9(13-2)8(12)7(5)11/h5-12H,3-4H2,1-2H3/t5-,6?,7-,8?,9-/m1/s1. The molecule has 1 saturated heterocycles. The van der Waals surface area contributed by atoms with Crippen LogP contribution in [0.25, 0.3) is 0 Å². The zero-order chi connectivity index (χ0) is 10.7. The number of ether oxygens (including phenoxy) is 2. The van der Waals surface area contributed by atoms with Crippen LogP contribution < -0.4 is 0 Å². The molecule has 0 aromatic carbocycles. The van der Waals surface area contributed by atoms with Gasteiger partial charge in [-0.15, -0.1) is 0 Å². The Bertz CT molecular complexity index is 173. The van der Waals surface area contributed by atoms with Crippen molar-refractivity contribution in [3.63, 3.8) is 0 Å². The van der Waals surface area contributed by atoms with Crippen LogP contribution in [0.1, 0.15) is 13.3 Å². The molecule has 0 bridgehead atoms. The number of rotatable bonds is 3. The highest BCUT2D eigenvalue weighted by Crippen LogP contribution is 2.28. The van der Waals surface area contributed by atoms with E-state index in [0.717, 1.165) is 0 Å². The lowest BCUT2D eigenvalue weighted by molar-refractivity contribution is -0.283. The van der Waals surface area contributed by atoms with Gasteiger partial charge in [0.2, 0.25) is 0 Å². The average molecular weight is 206 g/mol. The van der Waals surface area contributed by atoms with Gasteiger partial charge in [-0.3, -0.25) is 0 Å². The predicted octanol–water partition coefficient (Wildman–Crippen LogP) is -0.902. The number of aliphatic hydroxyl groups excluding tert-OH is 3. The third-order valence-electron chi connectivity index (χ3n) is 2.74. The van der Waals surface area contributed by atoms with E-state index in [1.54, 1.807) is 0 Å². The zero-order valence-electron chi connectivity index (χ0n) is 8.46. The molecular formula is C9H18O5. The van der Waals surface area contributed by atoms with Gasteiger partial charge in [0.05, 0.1) is 18.8 Å². The largest absolute Gasteiger partial charge is 0.394 e. The molecule has 0 saturated carbocycles. The molecule has 5 heteroatoms. The van der Waals surface area contributed by atoms with Crippen molar-refractivity contribution in [3.8, 4) is 0 Å². The van der Waals surface area contributed by atoms with E-state index in [-0.39, 0.29) is 12.5 Å². The Labute approximate surface area is 83.3 Å². The summed E-state index contributed by atoms with van der Waals surface area (Å²) < 4.78 is 10.1. The lowest BCUT2D eigenvalue weighted by Gasteiger charge is -2.41. The predicted molar refractivity (Wildman–Crippen MR) is 48.6 cm³/mol. The van der Waals surface area contributed by atoms with Gasteiger partial charge in [0.1, 0.15) is 6.10 Å². The van der Waals surface area contributed by atoms with Gasteiger partial charge in [0.15, 0.2) is 6.29 Å². The Morgan fingerprint density at radius 2 is 1.93 bits per heavy atom. The van der Waals surface area contributed by atoms with Gasteiger partial charge in [-0.2, -0.15) is 0 Å². The van der Waals surface area contributed by atoms with Crippen LogP contribution in [0.2, 0.25) is 0 Å². The molecule has 5 nitrogen and oxygen atoms in total. The highest BCUT2D eigenvalue weighted by Gasteiger charge is 2.43. The molecule has 0 amide bonds. The SMILES string of the molecule is CC[C@@H]1C(CO)O[C@@H](OC)C(O)[C@@H]1O. The molecule has 0 radical (unpaired) electrons. The van der Waals surface area contributed by atoms with E-state index < -0.39 is 24.6 Å². The highest BCUT2D eigenvalue weighted by atomic mass is 16.7. The fourth-order valence-electron chi connectivity index (χ4n) is 1.87. The van der Waals surface area contributed by atoms with E-state index in [0.29, 0.717) is 6.42 Å². The maximum absolute atomic E-state index is 9.72. The molecule has 2 unspecified atom stereocenters. The number of methoxy groups -OCH3 is 1. The van der Waals surface area contributed by atoms with Crippen molar-refractivity contribution in [1.29, 1.82) is 0 Å². The van der Waals surface area contributed by atoms with Crippen molar-refractivity contribution >= 4 is 0 Å². The summed E-state index contributed by atoms with van der Waals surface area (Å²) in [5.74, 6) is -0.249. The fraction of sp³-hybridized carbons (Fsp3) is 1.00. The molecule has 0 aromatic rings. The lowest BCUT2D eigenvalue weighted by Crippen LogP contribution is -2.55. The van der Waals surface area contributed by atoms with E-state index in [1.165, 1.54) is 7.11 Å². The molecule has 84 valence electrons. The fourth-order valence-corrected chi connectivity index (χ4v) is 1.87. The van der Waals surface area contributed by atoms with Crippen molar-refractivity contribution in [2.24, 2.45) is 5.92 Å². The summed E-state index contributed by atoms with van der Waals surface area (Å²) in [5.41, 5.74) is 0. The van der Waals surface area contributed by atoms with Crippen molar-refractivity contribution in [3.05, 3.63) is 0 Å². The average Bonchev–Trinajstić information content (AvgIpc) is 2.21. The summed E-state index contributed by atoms with van der Waals surface area (Å²) in [6, 6.07) is 0. The van der Waals surface area contributed by atoms with E-state index in [1.807, 2.05) is 6.92 Å². The molecule has 1 aliphatic rings. The second-order valence-electron chi connectivity index (χ2n) is 3.51. The molecule has 0 aromatic heterocycles. The Balaban J connectivity index is 2.71. The minimum atomic E-state index is -1.05. The highest BCUT2D eigenvalue weighted by molar-refractivity contribution is 4.87. The van der Waals surface area contributed by atoms with Crippen LogP contribution in [0.3, 0.4) is 0 Å². The van der Waals surface area contributed by atoms with Crippen molar-refractivity contribution < 1.29 is 24.8 Å². The first-order valence-corrected chi connectivity index (χ1v) is 4.80. The summed E-state index contributed by atoms with van der Waals surface area (Å²) >= 11 is 0. The maximum Gasteiger partial charge on any atom is 0.186 e. The first-order valence-electron chi connectivity index (χ1n) is 4.80. The minimum Gasteiger partial charge on any atom is -0.394 e. The first kappa shape index (κ1) is 11.9. The number of aliphatic hydroxyl groups is 3. The molecule has 1 fully saturated rings. The molecule has 1 rings (SSSR count). The Morgan fingerprint density at radius 1 is 1.29 bits per heavy atom. The second-order valence-corrected chi connectivity index (χ2v) is 3.51. The lowest BCUT2D eigenvalue weighted by atomic mass is 9.87. The minimum absolute atomic E-state index is 0.178. The van der Waals surface area contributed by atoms with Crippen LogP contribution in [0.4, 0.5) is 0 Å². The summed E-state index contributed by atoms with van der Waals surface area (Å²) in [5, 5.41) is 28.3. The Hall–Kier alpha value is -0.200. The smallest absolute Gasteiger partial charge is 0.186 e. The van der Waals surface area contributed by atoms with Crippen LogP contribution in [-0.4, -0.2) is 53.6 Å². The van der Waals surface area contributed by atoms with Crippen molar-refractivity contribution in [2.45, 2.75) is 37.9 Å². The van der Waals surface area contributed by atoms with Crippen LogP contribution in [0.5, 0.6) is 0 Å². The summed E-state index contributed by atoms with van der Waals surface area (Å²) in [6.07, 6.45) is -2.64. The molecule has 3 N–H and O–H groups in total. The third-order valence-corrected chi connectivity index (χ3v) is 2.74. The monoisotopic (exact) mass is 206 g/mol. The molecule has 0 aliphatic carbocycles. The van der Waals surface area contributed by atoms with Crippen LogP contribution in [-0.2, 0) is 9.47 Å². The van der Waals surface area contributed by atoms with Gasteiger partial charge < -0.3 is 24.8 Å². The topological polar surface area (TPSA) is 79.2 Å². The van der Waals surface area contributed by atoms with E-state index in [2.05, 4.69) is 0 Å². The van der Waals surface area contributed by atoms with Crippen LogP contribution in [0, 0.1) is 5.92 Å². The van der Waals surface area contributed by atoms with Crippen LogP contribution in [0.15, 0.2) is 0 Å². The molecule has 1 heterocycles. The molecule has 14 heavy (non-hydrogen) atoms. The first-order chi connectivity index (χ1) is 6.65. The maximum atomic E-state index is 9.72. The van der Waals surface area contributed by atoms with Gasteiger partial charge in [-0.25, -0.2) is 0 Å². The summed E-state index contributed by atoms with van der Waals surface area (Å²) in [6.45, 7) is 1.70. The number of hydrogen-bond donors (Lipinski definition) is 3. The molecular weight excluding hydrogens is 188 g/mol. The van der Waals surface area contributed by atoms with Gasteiger partial charge in [0.25, 0.3) is 0 Å². The van der Waals surface area contributed by atoms with E-state index in [4.69, 9.17) is 14.6 Å². The van der Waals surface area contributed by atoms with Gasteiger partial charge >= 0.3 is 0 Å². The second kappa shape index (κ2) is 5.04. The normalized spacial score (nSPS) is 43.9. The van der Waals surface area contributed by atoms with Gasteiger partial charge in [-0.05, 0) is 6.42 Å². The van der Waals surface area contributed by atoms with Crippen LogP contribution >= 0.6 is 0 Å². The molecule has 1 aliphatic heterocycles. The van der Waals surface area contributed by atoms with Crippen molar-refractivity contribution in [1.82, 2.24) is 0 Å². The third kappa shape index (κ3) is 2.07. The molecule has 0 spiro atoms. The molecule has 5 atom stereocenters. The zero-order valence-corrected chi connectivity index (χ0v) is 8.46.